The molecule has 0 aliphatic heterocycles. The number of carbonyl (C=O) groups is 1. The molecule has 0 fully saturated rings. The molecule has 1 rings (SSSR count). The zero-order valence-corrected chi connectivity index (χ0v) is 8.36. The lowest BCUT2D eigenvalue weighted by atomic mass is 10.3. The van der Waals surface area contributed by atoms with Gasteiger partial charge in [-0.25, -0.2) is 4.98 Å². The number of hydrogen-bond acceptors (Lipinski definition) is 4. The summed E-state index contributed by atoms with van der Waals surface area (Å²) in [7, 11) is 0. The SMILES string of the molecule is Cc1ncsc1CCNC(=O)CN. The minimum atomic E-state index is -0.109. The average molecular weight is 199 g/mol. The zero-order valence-electron chi connectivity index (χ0n) is 7.54. The third-order valence-corrected chi connectivity index (χ3v) is 2.70. The number of aromatic nitrogens is 1. The predicted octanol–water partition coefficient (Wildman–Crippen LogP) is 0.0689. The molecule has 5 heteroatoms. The largest absolute Gasteiger partial charge is 0.355 e. The molecule has 0 unspecified atom stereocenters. The molecule has 1 aromatic rings. The van der Waals surface area contributed by atoms with E-state index in [2.05, 4.69) is 10.3 Å². The molecular formula is C8H13N3OS. The minimum absolute atomic E-state index is 0.0572. The van der Waals surface area contributed by atoms with E-state index in [0.29, 0.717) is 6.54 Å². The zero-order chi connectivity index (χ0) is 9.68. The molecule has 0 aliphatic rings. The monoisotopic (exact) mass is 199 g/mol. The van der Waals surface area contributed by atoms with Gasteiger partial charge in [0.25, 0.3) is 0 Å². The molecule has 1 heterocycles. The molecule has 0 bridgehead atoms. The first-order valence-corrected chi connectivity index (χ1v) is 4.97. The van der Waals surface area contributed by atoms with Gasteiger partial charge in [0.15, 0.2) is 0 Å². The van der Waals surface area contributed by atoms with Gasteiger partial charge in [0.2, 0.25) is 5.91 Å². The molecule has 4 nitrogen and oxygen atoms in total. The molecular weight excluding hydrogens is 186 g/mol. The highest BCUT2D eigenvalue weighted by Gasteiger charge is 2.01. The van der Waals surface area contributed by atoms with Gasteiger partial charge in [0.05, 0.1) is 17.7 Å². The molecule has 0 saturated heterocycles. The minimum Gasteiger partial charge on any atom is -0.355 e. The van der Waals surface area contributed by atoms with E-state index in [1.807, 2.05) is 12.4 Å². The van der Waals surface area contributed by atoms with Crippen LogP contribution in [0.2, 0.25) is 0 Å². The van der Waals surface area contributed by atoms with E-state index in [1.165, 1.54) is 4.88 Å². The predicted molar refractivity (Wildman–Crippen MR) is 52.6 cm³/mol. The van der Waals surface area contributed by atoms with Crippen LogP contribution >= 0.6 is 11.3 Å². The van der Waals surface area contributed by atoms with Crippen LogP contribution in [0.1, 0.15) is 10.6 Å². The summed E-state index contributed by atoms with van der Waals surface area (Å²) < 4.78 is 0. The summed E-state index contributed by atoms with van der Waals surface area (Å²) in [5, 5.41) is 2.71. The summed E-state index contributed by atoms with van der Waals surface area (Å²) in [6, 6.07) is 0. The lowest BCUT2D eigenvalue weighted by Gasteiger charge is -2.01. The van der Waals surface area contributed by atoms with Gasteiger partial charge in [-0.2, -0.15) is 0 Å². The van der Waals surface area contributed by atoms with Crippen LogP contribution in [0, 0.1) is 6.92 Å². The Morgan fingerprint density at radius 2 is 2.54 bits per heavy atom. The summed E-state index contributed by atoms with van der Waals surface area (Å²) in [6.45, 7) is 2.66. The van der Waals surface area contributed by atoms with Crippen molar-refractivity contribution in [2.75, 3.05) is 13.1 Å². The van der Waals surface area contributed by atoms with Crippen molar-refractivity contribution >= 4 is 17.2 Å². The quantitative estimate of drug-likeness (QED) is 0.721. The lowest BCUT2D eigenvalue weighted by molar-refractivity contribution is -0.119. The molecule has 72 valence electrons. The second-order valence-electron chi connectivity index (χ2n) is 2.67. The van der Waals surface area contributed by atoms with E-state index < -0.39 is 0 Å². The molecule has 1 amide bonds. The van der Waals surface area contributed by atoms with Crippen LogP contribution in [0.3, 0.4) is 0 Å². The summed E-state index contributed by atoms with van der Waals surface area (Å²) in [4.78, 5) is 16.1. The number of thiazole rings is 1. The molecule has 0 spiro atoms. The maximum absolute atomic E-state index is 10.8. The number of amides is 1. The van der Waals surface area contributed by atoms with Gasteiger partial charge in [-0.15, -0.1) is 11.3 Å². The van der Waals surface area contributed by atoms with Gasteiger partial charge in [-0.05, 0) is 6.92 Å². The Bertz CT molecular complexity index is 285. The van der Waals surface area contributed by atoms with Crippen LogP contribution in [0.25, 0.3) is 0 Å². The van der Waals surface area contributed by atoms with Crippen LogP contribution in [-0.4, -0.2) is 24.0 Å². The fourth-order valence-corrected chi connectivity index (χ4v) is 1.73. The van der Waals surface area contributed by atoms with E-state index in [-0.39, 0.29) is 12.5 Å². The second kappa shape index (κ2) is 4.94. The Hall–Kier alpha value is -0.940. The van der Waals surface area contributed by atoms with Gasteiger partial charge in [-0.3, -0.25) is 4.79 Å². The fraction of sp³-hybridized carbons (Fsp3) is 0.500. The third-order valence-electron chi connectivity index (χ3n) is 1.70. The number of rotatable bonds is 4. The molecule has 1 aromatic heterocycles. The van der Waals surface area contributed by atoms with Crippen molar-refractivity contribution in [1.82, 2.24) is 10.3 Å². The van der Waals surface area contributed by atoms with E-state index >= 15 is 0 Å². The van der Waals surface area contributed by atoms with Gasteiger partial charge < -0.3 is 11.1 Å². The van der Waals surface area contributed by atoms with Crippen LogP contribution in [0.4, 0.5) is 0 Å². The fourth-order valence-electron chi connectivity index (χ4n) is 0.954. The van der Waals surface area contributed by atoms with Crippen molar-refractivity contribution in [2.24, 2.45) is 5.73 Å². The number of carbonyl (C=O) groups excluding carboxylic acids is 1. The van der Waals surface area contributed by atoms with E-state index in [9.17, 15) is 4.79 Å². The Balaban J connectivity index is 2.28. The summed E-state index contributed by atoms with van der Waals surface area (Å²) in [5.74, 6) is -0.109. The van der Waals surface area contributed by atoms with E-state index in [4.69, 9.17) is 5.73 Å². The summed E-state index contributed by atoms with van der Waals surface area (Å²) >= 11 is 1.62. The lowest BCUT2D eigenvalue weighted by Crippen LogP contribution is -2.31. The van der Waals surface area contributed by atoms with Crippen LogP contribution in [0.5, 0.6) is 0 Å². The molecule has 13 heavy (non-hydrogen) atoms. The van der Waals surface area contributed by atoms with Crippen molar-refractivity contribution in [3.63, 3.8) is 0 Å². The van der Waals surface area contributed by atoms with E-state index in [0.717, 1.165) is 12.1 Å². The smallest absolute Gasteiger partial charge is 0.233 e. The maximum Gasteiger partial charge on any atom is 0.233 e. The molecule has 0 aliphatic carbocycles. The first-order valence-electron chi connectivity index (χ1n) is 4.09. The Morgan fingerprint density at radius 1 is 1.77 bits per heavy atom. The molecule has 3 N–H and O–H groups in total. The van der Waals surface area contributed by atoms with Crippen molar-refractivity contribution in [3.8, 4) is 0 Å². The highest BCUT2D eigenvalue weighted by Crippen LogP contribution is 2.11. The number of hydrogen-bond donors (Lipinski definition) is 2. The van der Waals surface area contributed by atoms with Crippen molar-refractivity contribution < 1.29 is 4.79 Å². The van der Waals surface area contributed by atoms with Gasteiger partial charge in [0.1, 0.15) is 0 Å². The first kappa shape index (κ1) is 10.1. The highest BCUT2D eigenvalue weighted by molar-refractivity contribution is 7.09. The number of aryl methyl sites for hydroxylation is 1. The van der Waals surface area contributed by atoms with Crippen molar-refractivity contribution in [1.29, 1.82) is 0 Å². The molecule has 0 radical (unpaired) electrons. The number of nitrogens with two attached hydrogens (primary N) is 1. The third kappa shape index (κ3) is 3.12. The summed E-state index contributed by atoms with van der Waals surface area (Å²) in [6.07, 6.45) is 0.836. The summed E-state index contributed by atoms with van der Waals surface area (Å²) in [5.41, 5.74) is 8.00. The first-order chi connectivity index (χ1) is 6.24. The second-order valence-corrected chi connectivity index (χ2v) is 3.60. The molecule has 0 saturated carbocycles. The topological polar surface area (TPSA) is 68.0 Å². The van der Waals surface area contributed by atoms with Crippen LogP contribution in [0.15, 0.2) is 5.51 Å². The Kier molecular flexibility index (Phi) is 3.85. The normalized spacial score (nSPS) is 10.0. The number of nitrogens with one attached hydrogen (secondary N) is 1. The Labute approximate surface area is 81.2 Å². The average Bonchev–Trinajstić information content (AvgIpc) is 2.52. The molecule has 0 atom stereocenters. The van der Waals surface area contributed by atoms with Crippen molar-refractivity contribution in [2.45, 2.75) is 13.3 Å². The standard InChI is InChI=1S/C8H13N3OS/c1-6-7(13-5-11-6)2-3-10-8(12)4-9/h5H,2-4,9H2,1H3,(H,10,12). The van der Waals surface area contributed by atoms with Crippen LogP contribution < -0.4 is 11.1 Å². The Morgan fingerprint density at radius 3 is 3.08 bits per heavy atom. The van der Waals surface area contributed by atoms with Gasteiger partial charge in [-0.1, -0.05) is 0 Å². The van der Waals surface area contributed by atoms with E-state index in [1.54, 1.807) is 11.3 Å². The highest BCUT2D eigenvalue weighted by atomic mass is 32.1. The van der Waals surface area contributed by atoms with Gasteiger partial charge >= 0.3 is 0 Å². The van der Waals surface area contributed by atoms with Gasteiger partial charge in [0, 0.05) is 17.8 Å². The molecule has 0 aromatic carbocycles. The van der Waals surface area contributed by atoms with Crippen LogP contribution in [-0.2, 0) is 11.2 Å². The maximum atomic E-state index is 10.8. The number of nitrogens with zero attached hydrogens (tertiary/aromatic N) is 1. The van der Waals surface area contributed by atoms with Crippen molar-refractivity contribution in [3.05, 3.63) is 16.1 Å².